The van der Waals surface area contributed by atoms with Gasteiger partial charge >= 0.3 is 0 Å². The molecule has 3 rings (SSSR count). The van der Waals surface area contributed by atoms with E-state index in [1.165, 1.54) is 5.69 Å². The number of nitrogens with zero attached hydrogens (tertiary/aromatic N) is 1. The van der Waals surface area contributed by atoms with Crippen molar-refractivity contribution in [3.8, 4) is 5.75 Å². The SMILES string of the molecule is Nc1cc(N2CCNCC2)ccc1OCc1ccccc1. The number of anilines is 2. The molecule has 0 spiro atoms. The standard InChI is InChI=1S/C17H21N3O/c18-16-12-15(20-10-8-19-9-11-20)6-7-17(16)21-13-14-4-2-1-3-5-14/h1-7,12,19H,8-11,13,18H2. The molecule has 1 aliphatic heterocycles. The van der Waals surface area contributed by atoms with Gasteiger partial charge in [0.25, 0.3) is 0 Å². The Bertz CT molecular complexity index is 580. The molecule has 21 heavy (non-hydrogen) atoms. The zero-order chi connectivity index (χ0) is 14.5. The van der Waals surface area contributed by atoms with Gasteiger partial charge in [-0.1, -0.05) is 30.3 Å². The second-order valence-corrected chi connectivity index (χ2v) is 5.23. The largest absolute Gasteiger partial charge is 0.487 e. The highest BCUT2D eigenvalue weighted by Crippen LogP contribution is 2.28. The predicted molar refractivity (Wildman–Crippen MR) is 86.7 cm³/mol. The van der Waals surface area contributed by atoms with Crippen LogP contribution in [0.4, 0.5) is 11.4 Å². The summed E-state index contributed by atoms with van der Waals surface area (Å²) in [6.45, 7) is 4.61. The number of rotatable bonds is 4. The quantitative estimate of drug-likeness (QED) is 0.845. The van der Waals surface area contributed by atoms with Crippen LogP contribution >= 0.6 is 0 Å². The summed E-state index contributed by atoms with van der Waals surface area (Å²) in [6, 6.07) is 16.2. The first-order chi connectivity index (χ1) is 10.3. The monoisotopic (exact) mass is 283 g/mol. The maximum absolute atomic E-state index is 6.12. The van der Waals surface area contributed by atoms with Crippen LogP contribution in [0.1, 0.15) is 5.56 Å². The summed E-state index contributed by atoms with van der Waals surface area (Å²) in [5.41, 5.74) is 9.13. The van der Waals surface area contributed by atoms with Crippen LogP contribution in [0, 0.1) is 0 Å². The molecule has 110 valence electrons. The molecule has 0 unspecified atom stereocenters. The van der Waals surface area contributed by atoms with E-state index in [0.717, 1.165) is 37.5 Å². The van der Waals surface area contributed by atoms with Crippen molar-refractivity contribution in [2.24, 2.45) is 0 Å². The Morgan fingerprint density at radius 3 is 2.52 bits per heavy atom. The molecular formula is C17H21N3O. The summed E-state index contributed by atoms with van der Waals surface area (Å²) >= 11 is 0. The first kappa shape index (κ1) is 13.8. The van der Waals surface area contributed by atoms with Gasteiger partial charge in [-0.3, -0.25) is 0 Å². The molecule has 1 fully saturated rings. The lowest BCUT2D eigenvalue weighted by Gasteiger charge is -2.29. The first-order valence-electron chi connectivity index (χ1n) is 7.35. The summed E-state index contributed by atoms with van der Waals surface area (Å²) in [6.07, 6.45) is 0. The van der Waals surface area contributed by atoms with E-state index >= 15 is 0 Å². The summed E-state index contributed by atoms with van der Waals surface area (Å²) in [5, 5.41) is 3.35. The second-order valence-electron chi connectivity index (χ2n) is 5.23. The maximum atomic E-state index is 6.12. The normalized spacial score (nSPS) is 15.0. The van der Waals surface area contributed by atoms with E-state index in [4.69, 9.17) is 10.5 Å². The number of nitrogen functional groups attached to an aromatic ring is 1. The smallest absolute Gasteiger partial charge is 0.142 e. The van der Waals surface area contributed by atoms with Crippen molar-refractivity contribution >= 4 is 11.4 Å². The third-order valence-corrected chi connectivity index (χ3v) is 3.71. The molecule has 0 aromatic heterocycles. The first-order valence-corrected chi connectivity index (χ1v) is 7.35. The van der Waals surface area contributed by atoms with Gasteiger partial charge in [0, 0.05) is 31.9 Å². The van der Waals surface area contributed by atoms with Crippen LogP contribution < -0.4 is 20.7 Å². The lowest BCUT2D eigenvalue weighted by Crippen LogP contribution is -2.43. The second kappa shape index (κ2) is 6.50. The Morgan fingerprint density at radius 2 is 1.81 bits per heavy atom. The van der Waals surface area contributed by atoms with Crippen LogP contribution in [0.3, 0.4) is 0 Å². The highest BCUT2D eigenvalue weighted by molar-refractivity contribution is 5.63. The third-order valence-electron chi connectivity index (χ3n) is 3.71. The van der Waals surface area contributed by atoms with Crippen molar-refractivity contribution in [3.05, 3.63) is 54.1 Å². The minimum atomic E-state index is 0.540. The summed E-state index contributed by atoms with van der Waals surface area (Å²) in [5.74, 6) is 0.748. The van der Waals surface area contributed by atoms with Crippen LogP contribution in [-0.2, 0) is 6.61 Å². The average Bonchev–Trinajstić information content (AvgIpc) is 2.55. The molecule has 2 aromatic rings. The van der Waals surface area contributed by atoms with E-state index in [2.05, 4.69) is 16.3 Å². The minimum Gasteiger partial charge on any atom is -0.487 e. The molecule has 0 amide bonds. The third kappa shape index (κ3) is 3.47. The molecule has 1 heterocycles. The molecule has 2 aromatic carbocycles. The van der Waals surface area contributed by atoms with Crippen LogP contribution in [0.2, 0.25) is 0 Å². The van der Waals surface area contributed by atoms with E-state index in [1.54, 1.807) is 0 Å². The van der Waals surface area contributed by atoms with E-state index < -0.39 is 0 Å². The Kier molecular flexibility index (Phi) is 4.26. The minimum absolute atomic E-state index is 0.540. The number of ether oxygens (including phenoxy) is 1. The summed E-state index contributed by atoms with van der Waals surface area (Å²) in [4.78, 5) is 2.34. The lowest BCUT2D eigenvalue weighted by atomic mass is 10.2. The van der Waals surface area contributed by atoms with Crippen molar-refractivity contribution in [1.82, 2.24) is 5.32 Å². The van der Waals surface area contributed by atoms with Gasteiger partial charge < -0.3 is 20.7 Å². The van der Waals surface area contributed by atoms with Gasteiger partial charge in [0.2, 0.25) is 0 Å². The maximum Gasteiger partial charge on any atom is 0.142 e. The van der Waals surface area contributed by atoms with Crippen LogP contribution in [0.25, 0.3) is 0 Å². The van der Waals surface area contributed by atoms with E-state index in [9.17, 15) is 0 Å². The summed E-state index contributed by atoms with van der Waals surface area (Å²) < 4.78 is 5.81. The Morgan fingerprint density at radius 1 is 1.05 bits per heavy atom. The lowest BCUT2D eigenvalue weighted by molar-refractivity contribution is 0.308. The number of hydrogen-bond donors (Lipinski definition) is 2. The van der Waals surface area contributed by atoms with Crippen molar-refractivity contribution < 1.29 is 4.74 Å². The molecule has 4 heteroatoms. The molecule has 4 nitrogen and oxygen atoms in total. The Balaban J connectivity index is 1.66. The highest BCUT2D eigenvalue weighted by Gasteiger charge is 2.12. The molecule has 0 bridgehead atoms. The van der Waals surface area contributed by atoms with Gasteiger partial charge in [-0.05, 0) is 23.8 Å². The highest BCUT2D eigenvalue weighted by atomic mass is 16.5. The molecule has 1 saturated heterocycles. The number of hydrogen-bond acceptors (Lipinski definition) is 4. The van der Waals surface area contributed by atoms with Crippen molar-refractivity contribution in [3.63, 3.8) is 0 Å². The van der Waals surface area contributed by atoms with E-state index in [0.29, 0.717) is 12.3 Å². The molecule has 1 aliphatic rings. The van der Waals surface area contributed by atoms with E-state index in [1.807, 2.05) is 42.5 Å². The van der Waals surface area contributed by atoms with Gasteiger partial charge in [0.1, 0.15) is 12.4 Å². The topological polar surface area (TPSA) is 50.5 Å². The number of nitrogens with two attached hydrogens (primary N) is 1. The average molecular weight is 283 g/mol. The zero-order valence-electron chi connectivity index (χ0n) is 12.1. The van der Waals surface area contributed by atoms with Gasteiger partial charge in [-0.25, -0.2) is 0 Å². The van der Waals surface area contributed by atoms with Gasteiger partial charge in [-0.15, -0.1) is 0 Å². The fourth-order valence-electron chi connectivity index (χ4n) is 2.52. The van der Waals surface area contributed by atoms with Crippen LogP contribution in [-0.4, -0.2) is 26.2 Å². The van der Waals surface area contributed by atoms with Crippen molar-refractivity contribution in [2.75, 3.05) is 36.8 Å². The molecular weight excluding hydrogens is 262 g/mol. The molecule has 0 radical (unpaired) electrons. The Hall–Kier alpha value is -2.20. The number of nitrogens with one attached hydrogen (secondary N) is 1. The van der Waals surface area contributed by atoms with Crippen molar-refractivity contribution in [1.29, 1.82) is 0 Å². The van der Waals surface area contributed by atoms with Crippen LogP contribution in [0.15, 0.2) is 48.5 Å². The molecule has 3 N–H and O–H groups in total. The van der Waals surface area contributed by atoms with Crippen molar-refractivity contribution in [2.45, 2.75) is 6.61 Å². The predicted octanol–water partition coefficient (Wildman–Crippen LogP) is 2.26. The zero-order valence-corrected chi connectivity index (χ0v) is 12.1. The molecule has 0 aliphatic carbocycles. The number of benzene rings is 2. The molecule has 0 atom stereocenters. The number of piperazine rings is 1. The van der Waals surface area contributed by atoms with Gasteiger partial charge in [-0.2, -0.15) is 0 Å². The van der Waals surface area contributed by atoms with E-state index in [-0.39, 0.29) is 0 Å². The Labute approximate surface area is 125 Å². The fraction of sp³-hybridized carbons (Fsp3) is 0.294. The fourth-order valence-corrected chi connectivity index (χ4v) is 2.52. The van der Waals surface area contributed by atoms with Crippen LogP contribution in [0.5, 0.6) is 5.75 Å². The van der Waals surface area contributed by atoms with Gasteiger partial charge in [0.15, 0.2) is 0 Å². The summed E-state index contributed by atoms with van der Waals surface area (Å²) in [7, 11) is 0. The molecule has 0 saturated carbocycles. The van der Waals surface area contributed by atoms with Gasteiger partial charge in [0.05, 0.1) is 5.69 Å².